The number of rotatable bonds is 2. The summed E-state index contributed by atoms with van der Waals surface area (Å²) in [4.78, 5) is 16.4. The van der Waals surface area contributed by atoms with Crippen LogP contribution in [0.4, 0.5) is 10.5 Å². The number of fused-ring (bicyclic) bond motifs is 1. The minimum atomic E-state index is -0.546. The second-order valence-corrected chi connectivity index (χ2v) is 6.97. The predicted octanol–water partition coefficient (Wildman–Crippen LogP) is 5.36. The third-order valence-corrected chi connectivity index (χ3v) is 3.32. The number of nitrogens with zero attached hydrogens (tertiary/aromatic N) is 1. The van der Waals surface area contributed by atoms with Crippen molar-refractivity contribution >= 4 is 34.3 Å². The zero-order valence-electron chi connectivity index (χ0n) is 13.5. The Balaban J connectivity index is 2.45. The van der Waals surface area contributed by atoms with Gasteiger partial charge in [-0.15, -0.1) is 0 Å². The van der Waals surface area contributed by atoms with Crippen LogP contribution in [-0.2, 0) is 4.74 Å². The van der Waals surface area contributed by atoms with Crippen LogP contribution in [0, 0.1) is 0 Å². The molecule has 0 spiro atoms. The van der Waals surface area contributed by atoms with Gasteiger partial charge in [-0.2, -0.15) is 0 Å². The molecule has 5 heteroatoms. The molecule has 0 saturated carbocycles. The molecule has 0 radical (unpaired) electrons. The van der Waals surface area contributed by atoms with E-state index in [0.29, 0.717) is 10.7 Å². The van der Waals surface area contributed by atoms with Crippen molar-refractivity contribution in [2.75, 3.05) is 5.32 Å². The molecule has 4 nitrogen and oxygen atoms in total. The van der Waals surface area contributed by atoms with Crippen LogP contribution in [0.15, 0.2) is 24.4 Å². The standard InChI is InChI=1S/C17H21ClN2O2/c1-10(2)15-12-8-11(18)6-7-13(12)19-9-14(15)20-16(21)22-17(3,4)5/h6-10H,1-5H3,(H,20,21). The van der Waals surface area contributed by atoms with Crippen molar-refractivity contribution in [3.8, 4) is 0 Å². The Hall–Kier alpha value is -1.81. The summed E-state index contributed by atoms with van der Waals surface area (Å²) in [6.07, 6.45) is 1.17. The highest BCUT2D eigenvalue weighted by Gasteiger charge is 2.19. The van der Waals surface area contributed by atoms with Crippen LogP contribution >= 0.6 is 11.6 Å². The summed E-state index contributed by atoms with van der Waals surface area (Å²) in [5.74, 6) is 0.203. The Labute approximate surface area is 135 Å². The Kier molecular flexibility index (Phi) is 4.61. The summed E-state index contributed by atoms with van der Waals surface area (Å²) in [7, 11) is 0. The first kappa shape index (κ1) is 16.6. The molecule has 1 heterocycles. The third kappa shape index (κ3) is 3.89. The lowest BCUT2D eigenvalue weighted by Gasteiger charge is -2.21. The number of carbonyl (C=O) groups is 1. The monoisotopic (exact) mass is 320 g/mol. The minimum absolute atomic E-state index is 0.203. The van der Waals surface area contributed by atoms with Gasteiger partial charge in [-0.3, -0.25) is 10.3 Å². The molecule has 0 unspecified atom stereocenters. The van der Waals surface area contributed by atoms with Gasteiger partial charge in [-0.05, 0) is 50.5 Å². The fourth-order valence-electron chi connectivity index (χ4n) is 2.32. The molecule has 22 heavy (non-hydrogen) atoms. The molecule has 1 N–H and O–H groups in total. The number of carbonyl (C=O) groups excluding carboxylic acids is 1. The fourth-order valence-corrected chi connectivity index (χ4v) is 2.49. The van der Waals surface area contributed by atoms with Gasteiger partial charge in [0.15, 0.2) is 0 Å². The number of benzene rings is 1. The highest BCUT2D eigenvalue weighted by molar-refractivity contribution is 6.31. The summed E-state index contributed by atoms with van der Waals surface area (Å²) in [6, 6.07) is 5.56. The highest BCUT2D eigenvalue weighted by atomic mass is 35.5. The zero-order chi connectivity index (χ0) is 16.5. The first-order valence-corrected chi connectivity index (χ1v) is 7.63. The Morgan fingerprint density at radius 3 is 2.59 bits per heavy atom. The van der Waals surface area contributed by atoms with Gasteiger partial charge in [0.25, 0.3) is 0 Å². The average molecular weight is 321 g/mol. The summed E-state index contributed by atoms with van der Waals surface area (Å²) in [5, 5.41) is 4.38. The van der Waals surface area contributed by atoms with E-state index in [-0.39, 0.29) is 5.92 Å². The second kappa shape index (κ2) is 6.13. The van der Waals surface area contributed by atoms with Gasteiger partial charge in [0, 0.05) is 10.4 Å². The number of hydrogen-bond donors (Lipinski definition) is 1. The van der Waals surface area contributed by atoms with E-state index in [1.54, 1.807) is 6.20 Å². The van der Waals surface area contributed by atoms with Crippen molar-refractivity contribution in [2.45, 2.75) is 46.1 Å². The number of hydrogen-bond acceptors (Lipinski definition) is 3. The van der Waals surface area contributed by atoms with Crippen molar-refractivity contribution < 1.29 is 9.53 Å². The third-order valence-electron chi connectivity index (χ3n) is 3.08. The van der Waals surface area contributed by atoms with E-state index in [2.05, 4.69) is 24.1 Å². The van der Waals surface area contributed by atoms with Crippen LogP contribution in [0.5, 0.6) is 0 Å². The SMILES string of the molecule is CC(C)c1c(NC(=O)OC(C)(C)C)cnc2ccc(Cl)cc12. The van der Waals surface area contributed by atoms with Crippen LogP contribution in [0.1, 0.15) is 46.1 Å². The summed E-state index contributed by atoms with van der Waals surface area (Å²) in [5.41, 5.74) is 1.95. The van der Waals surface area contributed by atoms with Gasteiger partial charge >= 0.3 is 6.09 Å². The van der Waals surface area contributed by atoms with E-state index in [4.69, 9.17) is 16.3 Å². The van der Waals surface area contributed by atoms with Crippen LogP contribution in [0.25, 0.3) is 10.9 Å². The molecule has 0 atom stereocenters. The first-order chi connectivity index (χ1) is 10.2. The van der Waals surface area contributed by atoms with Crippen molar-refractivity contribution in [2.24, 2.45) is 0 Å². The normalized spacial score (nSPS) is 11.8. The molecule has 1 aromatic heterocycles. The number of pyridine rings is 1. The molecular formula is C17H21ClN2O2. The average Bonchev–Trinajstić information content (AvgIpc) is 2.35. The smallest absolute Gasteiger partial charge is 0.412 e. The maximum atomic E-state index is 12.0. The molecule has 1 amide bonds. The van der Waals surface area contributed by atoms with Gasteiger partial charge < -0.3 is 4.74 Å². The summed E-state index contributed by atoms with van der Waals surface area (Å²) >= 11 is 6.10. The number of nitrogens with one attached hydrogen (secondary N) is 1. The van der Waals surface area contributed by atoms with Crippen molar-refractivity contribution in [3.05, 3.63) is 35.0 Å². The molecule has 2 aromatic rings. The van der Waals surface area contributed by atoms with Gasteiger partial charge in [0.2, 0.25) is 0 Å². The van der Waals surface area contributed by atoms with Gasteiger partial charge in [0.1, 0.15) is 5.60 Å². The van der Waals surface area contributed by atoms with Crippen LogP contribution < -0.4 is 5.32 Å². The van der Waals surface area contributed by atoms with E-state index in [0.717, 1.165) is 16.5 Å². The van der Waals surface area contributed by atoms with Crippen LogP contribution in [0.3, 0.4) is 0 Å². The predicted molar refractivity (Wildman–Crippen MR) is 90.7 cm³/mol. The molecule has 0 aliphatic carbocycles. The first-order valence-electron chi connectivity index (χ1n) is 7.25. The maximum Gasteiger partial charge on any atom is 0.412 e. The number of ether oxygens (including phenoxy) is 1. The summed E-state index contributed by atoms with van der Waals surface area (Å²) < 4.78 is 5.31. The Morgan fingerprint density at radius 1 is 1.32 bits per heavy atom. The van der Waals surface area contributed by atoms with E-state index in [1.807, 2.05) is 39.0 Å². The van der Waals surface area contributed by atoms with E-state index < -0.39 is 11.7 Å². The van der Waals surface area contributed by atoms with E-state index in [9.17, 15) is 4.79 Å². The minimum Gasteiger partial charge on any atom is -0.444 e. The Bertz CT molecular complexity index is 706. The number of amides is 1. The number of halogens is 1. The molecule has 0 fully saturated rings. The molecule has 118 valence electrons. The lowest BCUT2D eigenvalue weighted by atomic mass is 9.97. The van der Waals surface area contributed by atoms with Gasteiger partial charge in [0.05, 0.1) is 17.4 Å². The number of anilines is 1. The largest absolute Gasteiger partial charge is 0.444 e. The van der Waals surface area contributed by atoms with Crippen LogP contribution in [0.2, 0.25) is 5.02 Å². The van der Waals surface area contributed by atoms with Crippen molar-refractivity contribution in [3.63, 3.8) is 0 Å². The fraction of sp³-hybridized carbons (Fsp3) is 0.412. The van der Waals surface area contributed by atoms with Crippen molar-refractivity contribution in [1.29, 1.82) is 0 Å². The molecule has 1 aromatic carbocycles. The quantitative estimate of drug-likeness (QED) is 0.810. The molecular weight excluding hydrogens is 300 g/mol. The molecule has 2 rings (SSSR count). The summed E-state index contributed by atoms with van der Waals surface area (Å²) in [6.45, 7) is 9.61. The van der Waals surface area contributed by atoms with Crippen LogP contribution in [-0.4, -0.2) is 16.7 Å². The maximum absolute atomic E-state index is 12.0. The number of aromatic nitrogens is 1. The zero-order valence-corrected chi connectivity index (χ0v) is 14.3. The second-order valence-electron chi connectivity index (χ2n) is 6.53. The van der Waals surface area contributed by atoms with Gasteiger partial charge in [-0.1, -0.05) is 25.4 Å². The topological polar surface area (TPSA) is 51.2 Å². The lowest BCUT2D eigenvalue weighted by molar-refractivity contribution is 0.0636. The molecule has 0 bridgehead atoms. The van der Waals surface area contributed by atoms with E-state index in [1.165, 1.54) is 0 Å². The molecule has 0 aliphatic heterocycles. The molecule has 0 saturated heterocycles. The lowest BCUT2D eigenvalue weighted by Crippen LogP contribution is -2.27. The van der Waals surface area contributed by atoms with E-state index >= 15 is 0 Å². The van der Waals surface area contributed by atoms with Gasteiger partial charge in [-0.25, -0.2) is 4.79 Å². The highest BCUT2D eigenvalue weighted by Crippen LogP contribution is 2.32. The Morgan fingerprint density at radius 2 is 2.00 bits per heavy atom. The molecule has 0 aliphatic rings. The van der Waals surface area contributed by atoms with Crippen molar-refractivity contribution in [1.82, 2.24) is 4.98 Å².